The molecule has 12 heteroatoms. The van der Waals surface area contributed by atoms with Gasteiger partial charge in [0.15, 0.2) is 5.01 Å². The summed E-state index contributed by atoms with van der Waals surface area (Å²) in [6.45, 7) is 0.0390. The fraction of sp³-hybridized carbons (Fsp3) is 0.263. The van der Waals surface area contributed by atoms with E-state index in [2.05, 4.69) is 20.5 Å². The summed E-state index contributed by atoms with van der Waals surface area (Å²) < 4.78 is 53.7. The Morgan fingerprint density at radius 1 is 1.13 bits per heavy atom. The van der Waals surface area contributed by atoms with Gasteiger partial charge in [-0.15, -0.1) is 10.2 Å². The Kier molecular flexibility index (Phi) is 6.03. The molecule has 31 heavy (non-hydrogen) atoms. The monoisotopic (exact) mass is 465 g/mol. The maximum Gasteiger partial charge on any atom is 0.246 e. The standard InChI is InChI=1S/C19H17F2N5O3S2/c20-13-4-5-14(21)16(11-13)31(28,29)26-9-6-12(7-10-26)17(27)23-19-25-24-18(30-19)15-3-1-2-8-22-15/h1-5,8,11-12H,6-7,9-10H2,(H,23,25,27). The molecular weight excluding hydrogens is 448 g/mol. The number of rotatable bonds is 5. The average molecular weight is 466 g/mol. The van der Waals surface area contributed by atoms with Gasteiger partial charge in [-0.05, 0) is 43.2 Å². The normalized spacial score (nSPS) is 15.7. The third-order valence-corrected chi connectivity index (χ3v) is 7.65. The van der Waals surface area contributed by atoms with Crippen LogP contribution in [0.1, 0.15) is 12.8 Å². The molecule has 0 unspecified atom stereocenters. The van der Waals surface area contributed by atoms with Gasteiger partial charge >= 0.3 is 0 Å². The van der Waals surface area contributed by atoms with E-state index in [-0.39, 0.29) is 31.8 Å². The first-order valence-corrected chi connectivity index (χ1v) is 11.6. The zero-order valence-corrected chi connectivity index (χ0v) is 17.7. The van der Waals surface area contributed by atoms with Gasteiger partial charge in [0.1, 0.15) is 22.2 Å². The van der Waals surface area contributed by atoms with Crippen LogP contribution in [-0.2, 0) is 14.8 Å². The largest absolute Gasteiger partial charge is 0.300 e. The number of aromatic nitrogens is 3. The molecule has 4 rings (SSSR count). The molecule has 8 nitrogen and oxygen atoms in total. The van der Waals surface area contributed by atoms with Crippen molar-refractivity contribution in [2.24, 2.45) is 5.92 Å². The molecule has 0 aliphatic carbocycles. The summed E-state index contributed by atoms with van der Waals surface area (Å²) in [7, 11) is -4.19. The van der Waals surface area contributed by atoms with Crippen molar-refractivity contribution in [2.75, 3.05) is 18.4 Å². The maximum absolute atomic E-state index is 13.9. The predicted molar refractivity (Wildman–Crippen MR) is 110 cm³/mol. The quantitative estimate of drug-likeness (QED) is 0.621. The highest BCUT2D eigenvalue weighted by atomic mass is 32.2. The van der Waals surface area contributed by atoms with Crippen molar-refractivity contribution in [3.8, 4) is 10.7 Å². The van der Waals surface area contributed by atoms with Gasteiger partial charge in [0.25, 0.3) is 0 Å². The van der Waals surface area contributed by atoms with Gasteiger partial charge in [-0.2, -0.15) is 4.31 Å². The Morgan fingerprint density at radius 2 is 1.90 bits per heavy atom. The number of hydrogen-bond donors (Lipinski definition) is 1. The lowest BCUT2D eigenvalue weighted by Crippen LogP contribution is -2.41. The van der Waals surface area contributed by atoms with Gasteiger partial charge in [-0.1, -0.05) is 17.4 Å². The minimum atomic E-state index is -4.19. The first-order chi connectivity index (χ1) is 14.8. The fourth-order valence-corrected chi connectivity index (χ4v) is 5.52. The Bertz CT molecular complexity index is 1200. The number of carbonyl (C=O) groups excluding carboxylic acids is 1. The maximum atomic E-state index is 13.9. The number of nitrogens with zero attached hydrogens (tertiary/aromatic N) is 4. The predicted octanol–water partition coefficient (Wildman–Crippen LogP) is 2.92. The van der Waals surface area contributed by atoms with Crippen LogP contribution in [0.15, 0.2) is 47.5 Å². The van der Waals surface area contributed by atoms with Gasteiger partial charge < -0.3 is 5.32 Å². The smallest absolute Gasteiger partial charge is 0.246 e. The first kappa shape index (κ1) is 21.4. The zero-order chi connectivity index (χ0) is 22.0. The summed E-state index contributed by atoms with van der Waals surface area (Å²) in [5, 5.41) is 11.6. The van der Waals surface area contributed by atoms with E-state index in [1.54, 1.807) is 18.3 Å². The second-order valence-corrected chi connectivity index (χ2v) is 9.75. The van der Waals surface area contributed by atoms with Crippen molar-refractivity contribution in [3.05, 3.63) is 54.2 Å². The summed E-state index contributed by atoms with van der Waals surface area (Å²) in [6.07, 6.45) is 2.12. The number of hydrogen-bond acceptors (Lipinski definition) is 7. The lowest BCUT2D eigenvalue weighted by atomic mass is 9.97. The Labute approximate surface area is 181 Å². The zero-order valence-electron chi connectivity index (χ0n) is 16.0. The molecule has 3 aromatic rings. The second kappa shape index (κ2) is 8.73. The number of pyridine rings is 1. The molecule has 1 N–H and O–H groups in total. The number of sulfonamides is 1. The highest BCUT2D eigenvalue weighted by molar-refractivity contribution is 7.89. The van der Waals surface area contributed by atoms with Crippen LogP contribution >= 0.6 is 11.3 Å². The SMILES string of the molecule is O=C(Nc1nnc(-c2ccccn2)s1)C1CCN(S(=O)(=O)c2cc(F)ccc2F)CC1. The van der Waals surface area contributed by atoms with E-state index >= 15 is 0 Å². The molecule has 1 fully saturated rings. The number of benzene rings is 1. The molecule has 1 aromatic carbocycles. The summed E-state index contributed by atoms with van der Waals surface area (Å²) in [5.41, 5.74) is 0.642. The third-order valence-electron chi connectivity index (χ3n) is 4.87. The van der Waals surface area contributed by atoms with Crippen molar-refractivity contribution in [1.29, 1.82) is 0 Å². The minimum absolute atomic E-state index is 0.0195. The molecule has 162 valence electrons. The van der Waals surface area contributed by atoms with Crippen molar-refractivity contribution >= 4 is 32.4 Å². The minimum Gasteiger partial charge on any atom is -0.300 e. The highest BCUT2D eigenvalue weighted by Crippen LogP contribution is 2.28. The fourth-order valence-electron chi connectivity index (χ4n) is 3.25. The number of amides is 1. The summed E-state index contributed by atoms with van der Waals surface area (Å²) in [4.78, 5) is 16.1. The molecule has 1 aliphatic rings. The van der Waals surface area contributed by atoms with Gasteiger partial charge in [0.05, 0.1) is 0 Å². The van der Waals surface area contributed by atoms with Crippen LogP contribution in [0.2, 0.25) is 0 Å². The molecule has 0 atom stereocenters. The number of nitrogens with one attached hydrogen (secondary N) is 1. The van der Waals surface area contributed by atoms with Crippen molar-refractivity contribution in [1.82, 2.24) is 19.5 Å². The Morgan fingerprint density at radius 3 is 2.61 bits per heavy atom. The van der Waals surface area contributed by atoms with Gasteiger partial charge in [0.2, 0.25) is 21.1 Å². The van der Waals surface area contributed by atoms with Gasteiger partial charge in [0, 0.05) is 25.2 Å². The molecule has 1 saturated heterocycles. The van der Waals surface area contributed by atoms with Crippen LogP contribution in [0, 0.1) is 17.6 Å². The molecule has 3 heterocycles. The summed E-state index contributed by atoms with van der Waals surface area (Å²) >= 11 is 1.18. The number of halogens is 2. The van der Waals surface area contributed by atoms with E-state index in [0.717, 1.165) is 16.4 Å². The van der Waals surface area contributed by atoms with Gasteiger partial charge in [-0.3, -0.25) is 9.78 Å². The van der Waals surface area contributed by atoms with Crippen molar-refractivity contribution < 1.29 is 22.0 Å². The molecule has 0 spiro atoms. The first-order valence-electron chi connectivity index (χ1n) is 9.35. The summed E-state index contributed by atoms with van der Waals surface area (Å²) in [5.74, 6) is -2.58. The molecule has 2 aromatic heterocycles. The van der Waals surface area contributed by atoms with Crippen LogP contribution in [0.5, 0.6) is 0 Å². The molecular formula is C19H17F2N5O3S2. The number of anilines is 1. The Hall–Kier alpha value is -2.83. The lowest BCUT2D eigenvalue weighted by molar-refractivity contribution is -0.120. The van der Waals surface area contributed by atoms with Crippen LogP contribution < -0.4 is 5.32 Å². The van der Waals surface area contributed by atoms with E-state index in [4.69, 9.17) is 0 Å². The molecule has 1 amide bonds. The number of carbonyl (C=O) groups is 1. The molecule has 0 radical (unpaired) electrons. The van der Waals surface area contributed by atoms with E-state index in [1.165, 1.54) is 11.3 Å². The van der Waals surface area contributed by atoms with Crippen molar-refractivity contribution in [3.63, 3.8) is 0 Å². The average Bonchev–Trinajstić information content (AvgIpc) is 3.24. The van der Waals surface area contributed by atoms with E-state index in [1.807, 2.05) is 6.07 Å². The van der Waals surface area contributed by atoms with Crippen LogP contribution in [0.3, 0.4) is 0 Å². The van der Waals surface area contributed by atoms with Crippen molar-refractivity contribution in [2.45, 2.75) is 17.7 Å². The van der Waals surface area contributed by atoms with Gasteiger partial charge in [-0.25, -0.2) is 17.2 Å². The second-order valence-electron chi connectivity index (χ2n) is 6.87. The summed E-state index contributed by atoms with van der Waals surface area (Å²) in [6, 6.07) is 7.69. The van der Waals surface area contributed by atoms with Crippen LogP contribution in [0.25, 0.3) is 10.7 Å². The topological polar surface area (TPSA) is 105 Å². The molecule has 0 bridgehead atoms. The lowest BCUT2D eigenvalue weighted by Gasteiger charge is -2.30. The van der Waals surface area contributed by atoms with E-state index < -0.39 is 32.5 Å². The van der Waals surface area contributed by atoms with E-state index in [0.29, 0.717) is 21.9 Å². The number of piperidine rings is 1. The van der Waals surface area contributed by atoms with Crippen LogP contribution in [0.4, 0.5) is 13.9 Å². The highest BCUT2D eigenvalue weighted by Gasteiger charge is 2.34. The molecule has 1 aliphatic heterocycles. The van der Waals surface area contributed by atoms with Crippen LogP contribution in [-0.4, -0.2) is 46.9 Å². The Balaban J connectivity index is 1.38. The third kappa shape index (κ3) is 4.60. The van der Waals surface area contributed by atoms with E-state index in [9.17, 15) is 22.0 Å². The molecule has 0 saturated carbocycles.